The number of rotatable bonds is 6. The van der Waals surface area contributed by atoms with Gasteiger partial charge < -0.3 is 9.80 Å². The number of hydrogen-bond donors (Lipinski definition) is 0. The summed E-state index contributed by atoms with van der Waals surface area (Å²) in [6, 6.07) is 39.8. The summed E-state index contributed by atoms with van der Waals surface area (Å²) in [5.41, 5.74) is 7.23. The average Bonchev–Trinajstić information content (AvgIpc) is 2.98. The van der Waals surface area contributed by atoms with Crippen molar-refractivity contribution >= 4 is 68.0 Å². The summed E-state index contributed by atoms with van der Waals surface area (Å²) in [7, 11) is 8.26. The molecule has 0 saturated carbocycles. The van der Waals surface area contributed by atoms with E-state index < -0.39 is 0 Å². The van der Waals surface area contributed by atoms with Crippen LogP contribution >= 0.6 is 0 Å². The molecule has 0 heterocycles. The van der Waals surface area contributed by atoms with Crippen LogP contribution in [0.2, 0.25) is 0 Å². The second-order valence-electron chi connectivity index (χ2n) is 10.8. The minimum absolute atomic E-state index is 1.20. The number of benzene rings is 6. The van der Waals surface area contributed by atoms with E-state index in [-0.39, 0.29) is 0 Å². The molecule has 0 saturated heterocycles. The summed E-state index contributed by atoms with van der Waals surface area (Å²) in [6.07, 6.45) is 8.75. The molecule has 6 rings (SSSR count). The molecule has 2 nitrogen and oxygen atoms in total. The van der Waals surface area contributed by atoms with E-state index >= 15 is 0 Å². The Morgan fingerprint density at radius 1 is 0.350 bits per heavy atom. The minimum Gasteiger partial charge on any atom is -0.378 e. The van der Waals surface area contributed by atoms with Gasteiger partial charge in [0.15, 0.2) is 0 Å². The number of hydrogen-bond acceptors (Lipinski definition) is 2. The van der Waals surface area contributed by atoms with E-state index in [0.717, 1.165) is 0 Å². The molecule has 2 heteroatoms. The molecule has 6 aromatic rings. The molecular weight excluding hydrogens is 484 g/mol. The zero-order chi connectivity index (χ0) is 27.6. The highest BCUT2D eigenvalue weighted by molar-refractivity contribution is 6.17. The predicted octanol–water partition coefficient (Wildman–Crippen LogP) is 9.62. The zero-order valence-electron chi connectivity index (χ0n) is 23.6. The van der Waals surface area contributed by atoms with E-state index in [4.69, 9.17) is 0 Å². The maximum absolute atomic E-state index is 2.28. The first-order valence-electron chi connectivity index (χ1n) is 13.7. The topological polar surface area (TPSA) is 6.48 Å². The highest BCUT2D eigenvalue weighted by atomic mass is 15.1. The minimum atomic E-state index is 1.20. The molecule has 0 spiro atoms. The van der Waals surface area contributed by atoms with Gasteiger partial charge in [-0.2, -0.15) is 0 Å². The maximum Gasteiger partial charge on any atom is 0.0361 e. The summed E-state index contributed by atoms with van der Waals surface area (Å²) in [4.78, 5) is 4.24. The van der Waals surface area contributed by atoms with Gasteiger partial charge in [0.2, 0.25) is 0 Å². The normalized spacial score (nSPS) is 11.8. The van der Waals surface area contributed by atoms with E-state index in [1.165, 1.54) is 65.9 Å². The Labute approximate surface area is 237 Å². The highest BCUT2D eigenvalue weighted by Gasteiger charge is 2.06. The standard InChI is InChI=1S/C38H34N2/c1-39(2)33-17-9-27(10-18-33)5-7-29-13-21-35-31(25-29)15-23-38-36-22-14-30(26-32(36)16-24-37(35)38)8-6-28-11-19-34(20-12-28)40(3)4/h5-26H,1-4H3/b7-5+,8-6+. The molecule has 0 aliphatic heterocycles. The third-order valence-electron chi connectivity index (χ3n) is 7.64. The summed E-state index contributed by atoms with van der Waals surface area (Å²) < 4.78 is 0. The van der Waals surface area contributed by atoms with Gasteiger partial charge in [-0.1, -0.05) is 97.1 Å². The molecule has 0 fully saturated rings. The molecule has 0 aromatic heterocycles. The molecule has 0 bridgehead atoms. The highest BCUT2D eigenvalue weighted by Crippen LogP contribution is 2.33. The zero-order valence-corrected chi connectivity index (χ0v) is 23.6. The first-order chi connectivity index (χ1) is 19.4. The molecular formula is C38H34N2. The Morgan fingerprint density at radius 2 is 0.675 bits per heavy atom. The lowest BCUT2D eigenvalue weighted by Crippen LogP contribution is -2.07. The second-order valence-corrected chi connectivity index (χ2v) is 10.8. The quantitative estimate of drug-likeness (QED) is 0.160. The van der Waals surface area contributed by atoms with Crippen LogP contribution in [0.15, 0.2) is 109 Å². The van der Waals surface area contributed by atoms with Gasteiger partial charge in [-0.15, -0.1) is 0 Å². The predicted molar refractivity (Wildman–Crippen MR) is 178 cm³/mol. The van der Waals surface area contributed by atoms with Crippen molar-refractivity contribution in [3.63, 3.8) is 0 Å². The molecule has 0 radical (unpaired) electrons. The van der Waals surface area contributed by atoms with Crippen LogP contribution in [0.3, 0.4) is 0 Å². The van der Waals surface area contributed by atoms with Gasteiger partial charge in [-0.3, -0.25) is 0 Å². The Bertz CT molecular complexity index is 1730. The fourth-order valence-electron chi connectivity index (χ4n) is 5.28. The van der Waals surface area contributed by atoms with Crippen LogP contribution in [0.5, 0.6) is 0 Å². The number of nitrogens with zero attached hydrogens (tertiary/aromatic N) is 2. The van der Waals surface area contributed by atoms with Crippen molar-refractivity contribution in [2.45, 2.75) is 0 Å². The lowest BCUT2D eigenvalue weighted by atomic mass is 9.95. The van der Waals surface area contributed by atoms with Gasteiger partial charge in [0.1, 0.15) is 0 Å². The molecule has 196 valence electrons. The Kier molecular flexibility index (Phi) is 6.84. The maximum atomic E-state index is 2.28. The number of fused-ring (bicyclic) bond motifs is 5. The largest absolute Gasteiger partial charge is 0.378 e. The van der Waals surface area contributed by atoms with E-state index in [1.54, 1.807) is 0 Å². The SMILES string of the molecule is CN(C)c1ccc(/C=C/c2ccc3c(ccc4c5ccc(/C=C/c6ccc(N(C)C)cc6)cc5ccc34)c2)cc1. The second kappa shape index (κ2) is 10.7. The van der Waals surface area contributed by atoms with E-state index in [2.05, 4.69) is 171 Å². The van der Waals surface area contributed by atoms with E-state index in [0.29, 0.717) is 0 Å². The Morgan fingerprint density at radius 3 is 1.05 bits per heavy atom. The van der Waals surface area contributed by atoms with Crippen LogP contribution in [0.25, 0.3) is 56.6 Å². The van der Waals surface area contributed by atoms with Crippen LogP contribution in [-0.2, 0) is 0 Å². The molecule has 0 amide bonds. The van der Waals surface area contributed by atoms with Crippen molar-refractivity contribution in [1.29, 1.82) is 0 Å². The Hall–Kier alpha value is -4.82. The summed E-state index contributed by atoms with van der Waals surface area (Å²) >= 11 is 0. The van der Waals surface area contributed by atoms with Crippen molar-refractivity contribution in [3.8, 4) is 0 Å². The third-order valence-corrected chi connectivity index (χ3v) is 7.64. The molecule has 40 heavy (non-hydrogen) atoms. The van der Waals surface area contributed by atoms with Gasteiger partial charge in [-0.25, -0.2) is 0 Å². The Balaban J connectivity index is 1.27. The average molecular weight is 519 g/mol. The van der Waals surface area contributed by atoms with Crippen LogP contribution < -0.4 is 9.80 Å². The van der Waals surface area contributed by atoms with E-state index in [9.17, 15) is 0 Å². The summed E-state index contributed by atoms with van der Waals surface area (Å²) in [6.45, 7) is 0. The van der Waals surface area contributed by atoms with Crippen molar-refractivity contribution in [1.82, 2.24) is 0 Å². The number of anilines is 2. The smallest absolute Gasteiger partial charge is 0.0361 e. The molecule has 0 aliphatic carbocycles. The van der Waals surface area contributed by atoms with Crippen LogP contribution in [0.4, 0.5) is 11.4 Å². The molecule has 6 aromatic carbocycles. The first-order valence-corrected chi connectivity index (χ1v) is 13.7. The molecule has 0 N–H and O–H groups in total. The van der Waals surface area contributed by atoms with Gasteiger partial charge in [0.25, 0.3) is 0 Å². The monoisotopic (exact) mass is 518 g/mol. The summed E-state index contributed by atoms with van der Waals surface area (Å²) in [5.74, 6) is 0. The van der Waals surface area contributed by atoms with Gasteiger partial charge in [-0.05, 0) is 91.0 Å². The van der Waals surface area contributed by atoms with E-state index in [1.807, 2.05) is 0 Å². The molecule has 0 atom stereocenters. The fraction of sp³-hybridized carbons (Fsp3) is 0.105. The van der Waals surface area contributed by atoms with Crippen LogP contribution in [-0.4, -0.2) is 28.2 Å². The summed E-state index contributed by atoms with van der Waals surface area (Å²) in [5, 5.41) is 7.69. The van der Waals surface area contributed by atoms with Gasteiger partial charge in [0.05, 0.1) is 0 Å². The molecule has 0 unspecified atom stereocenters. The first kappa shape index (κ1) is 25.5. The van der Waals surface area contributed by atoms with Crippen molar-refractivity contribution in [3.05, 3.63) is 131 Å². The van der Waals surface area contributed by atoms with Crippen molar-refractivity contribution < 1.29 is 0 Å². The lowest BCUT2D eigenvalue weighted by molar-refractivity contribution is 1.13. The van der Waals surface area contributed by atoms with Crippen molar-refractivity contribution in [2.24, 2.45) is 0 Å². The van der Waals surface area contributed by atoms with Crippen LogP contribution in [0.1, 0.15) is 22.3 Å². The van der Waals surface area contributed by atoms with Gasteiger partial charge >= 0.3 is 0 Å². The lowest BCUT2D eigenvalue weighted by Gasteiger charge is -2.11. The fourth-order valence-corrected chi connectivity index (χ4v) is 5.28. The molecule has 0 aliphatic rings. The van der Waals surface area contributed by atoms with Crippen LogP contribution in [0, 0.1) is 0 Å². The van der Waals surface area contributed by atoms with Crippen molar-refractivity contribution in [2.75, 3.05) is 38.0 Å². The van der Waals surface area contributed by atoms with Gasteiger partial charge in [0, 0.05) is 39.6 Å². The third kappa shape index (κ3) is 5.21.